The molecule has 2 heteroatoms. The molecule has 268 valence electrons. The third-order valence-corrected chi connectivity index (χ3v) is 11.7. The molecule has 0 unspecified atom stereocenters. The molecule has 1 aromatic heterocycles. The van der Waals surface area contributed by atoms with Crippen molar-refractivity contribution in [3.8, 4) is 33.4 Å². The van der Waals surface area contributed by atoms with Crippen molar-refractivity contribution < 1.29 is 4.42 Å². The molecule has 1 heterocycles. The summed E-state index contributed by atoms with van der Waals surface area (Å²) in [6.45, 7) is 0. The molecule has 0 aliphatic heterocycles. The number of benzene rings is 9. The normalized spacial score (nSPS) is 12.7. The first-order valence-corrected chi connectivity index (χ1v) is 19.6. The summed E-state index contributed by atoms with van der Waals surface area (Å²) in [6.07, 6.45) is 0. The van der Waals surface area contributed by atoms with E-state index in [1.165, 1.54) is 50.1 Å². The minimum absolute atomic E-state index is 0.553. The minimum atomic E-state index is -0.553. The fraction of sp³-hybridized carbons (Fsp3) is 0.0182. The average Bonchev–Trinajstić information content (AvgIpc) is 3.81. The van der Waals surface area contributed by atoms with Crippen LogP contribution in [0.5, 0.6) is 0 Å². The van der Waals surface area contributed by atoms with Gasteiger partial charge in [0, 0.05) is 27.8 Å². The lowest BCUT2D eigenvalue weighted by molar-refractivity contribution is 0.667. The van der Waals surface area contributed by atoms with Gasteiger partial charge in [0.2, 0.25) is 0 Å². The van der Waals surface area contributed by atoms with E-state index < -0.39 is 5.41 Å². The number of anilines is 3. The Labute approximate surface area is 332 Å². The summed E-state index contributed by atoms with van der Waals surface area (Å²) in [5.74, 6) is 0. The molecular weight excluding hydrogens is 691 g/mol. The largest absolute Gasteiger partial charge is 0.456 e. The summed E-state index contributed by atoms with van der Waals surface area (Å²) in [4.78, 5) is 2.36. The van der Waals surface area contributed by atoms with Crippen LogP contribution in [0, 0.1) is 0 Å². The van der Waals surface area contributed by atoms with Crippen LogP contribution in [0.4, 0.5) is 17.1 Å². The van der Waals surface area contributed by atoms with Crippen molar-refractivity contribution in [1.29, 1.82) is 0 Å². The van der Waals surface area contributed by atoms with Crippen LogP contribution in [-0.2, 0) is 5.41 Å². The van der Waals surface area contributed by atoms with Crippen LogP contribution in [0.15, 0.2) is 229 Å². The van der Waals surface area contributed by atoms with Gasteiger partial charge >= 0.3 is 0 Å². The molecule has 0 atom stereocenters. The summed E-state index contributed by atoms with van der Waals surface area (Å²) in [7, 11) is 0. The van der Waals surface area contributed by atoms with E-state index in [0.717, 1.165) is 44.6 Å². The number of furan rings is 1. The van der Waals surface area contributed by atoms with Gasteiger partial charge in [-0.25, -0.2) is 0 Å². The molecule has 0 fully saturated rings. The molecule has 11 rings (SSSR count). The Balaban J connectivity index is 1.13. The van der Waals surface area contributed by atoms with Gasteiger partial charge in [0.15, 0.2) is 0 Å². The highest BCUT2D eigenvalue weighted by Gasteiger charge is 2.47. The number of nitrogens with zero attached hydrogens (tertiary/aromatic N) is 1. The van der Waals surface area contributed by atoms with Crippen molar-refractivity contribution in [3.63, 3.8) is 0 Å². The van der Waals surface area contributed by atoms with E-state index in [9.17, 15) is 0 Å². The van der Waals surface area contributed by atoms with Crippen LogP contribution in [0.2, 0.25) is 0 Å². The fourth-order valence-electron chi connectivity index (χ4n) is 9.30. The van der Waals surface area contributed by atoms with E-state index in [2.05, 4.69) is 229 Å². The van der Waals surface area contributed by atoms with Crippen molar-refractivity contribution in [2.24, 2.45) is 0 Å². The third-order valence-electron chi connectivity index (χ3n) is 11.7. The maximum absolute atomic E-state index is 6.76. The van der Waals surface area contributed by atoms with Crippen LogP contribution < -0.4 is 4.90 Å². The Morgan fingerprint density at radius 3 is 1.56 bits per heavy atom. The van der Waals surface area contributed by atoms with Gasteiger partial charge in [-0.05, 0) is 110 Å². The first-order valence-electron chi connectivity index (χ1n) is 19.6. The number of rotatable bonds is 7. The van der Waals surface area contributed by atoms with Crippen molar-refractivity contribution in [3.05, 3.63) is 247 Å². The summed E-state index contributed by atoms with van der Waals surface area (Å²) in [5, 5.41) is 2.21. The Hall–Kier alpha value is -7.42. The van der Waals surface area contributed by atoms with E-state index in [1.54, 1.807) is 0 Å². The summed E-state index contributed by atoms with van der Waals surface area (Å²) in [5.41, 5.74) is 16.7. The zero-order chi connectivity index (χ0) is 37.8. The molecule has 0 saturated heterocycles. The van der Waals surface area contributed by atoms with Crippen molar-refractivity contribution >= 4 is 39.0 Å². The molecule has 0 saturated carbocycles. The van der Waals surface area contributed by atoms with E-state index >= 15 is 0 Å². The van der Waals surface area contributed by atoms with Crippen LogP contribution in [0.3, 0.4) is 0 Å². The average molecular weight is 728 g/mol. The standard InChI is InChI=1S/C55H37NO/c1-4-17-38(18-5-1)39-19-14-20-40(35-39)41-21-15-26-44(36-41)56(43-24-8-3-9-25-43)45-33-34-52-48(37-45)54-51(31-16-32-53(54)57-52)55(42-22-6-2-7-23-42)49-29-12-10-27-46(49)47-28-11-13-30-50(47)55/h1-37H. The molecule has 9 aromatic carbocycles. The number of hydrogen-bond donors (Lipinski definition) is 0. The quantitative estimate of drug-likeness (QED) is 0.163. The third kappa shape index (κ3) is 5.26. The first kappa shape index (κ1) is 33.0. The topological polar surface area (TPSA) is 16.4 Å². The first-order chi connectivity index (χ1) is 28.3. The van der Waals surface area contributed by atoms with E-state index in [-0.39, 0.29) is 0 Å². The monoisotopic (exact) mass is 727 g/mol. The van der Waals surface area contributed by atoms with Gasteiger partial charge in [-0.1, -0.05) is 170 Å². The fourth-order valence-corrected chi connectivity index (χ4v) is 9.30. The van der Waals surface area contributed by atoms with Gasteiger partial charge in [0.25, 0.3) is 0 Å². The van der Waals surface area contributed by atoms with Crippen molar-refractivity contribution in [1.82, 2.24) is 0 Å². The van der Waals surface area contributed by atoms with Gasteiger partial charge in [-0.2, -0.15) is 0 Å². The molecule has 0 spiro atoms. The number of para-hydroxylation sites is 1. The Kier molecular flexibility index (Phi) is 7.75. The van der Waals surface area contributed by atoms with Gasteiger partial charge < -0.3 is 9.32 Å². The molecule has 1 aliphatic rings. The van der Waals surface area contributed by atoms with Crippen LogP contribution in [0.1, 0.15) is 22.3 Å². The molecule has 0 bridgehead atoms. The van der Waals surface area contributed by atoms with Crippen LogP contribution in [0.25, 0.3) is 55.3 Å². The second-order valence-corrected chi connectivity index (χ2v) is 14.8. The lowest BCUT2D eigenvalue weighted by atomic mass is 9.66. The highest BCUT2D eigenvalue weighted by atomic mass is 16.3. The number of fused-ring (bicyclic) bond motifs is 6. The summed E-state index contributed by atoms with van der Waals surface area (Å²) in [6, 6.07) is 81.0. The summed E-state index contributed by atoms with van der Waals surface area (Å²) < 4.78 is 6.76. The predicted molar refractivity (Wildman–Crippen MR) is 237 cm³/mol. The smallest absolute Gasteiger partial charge is 0.135 e. The molecule has 2 nitrogen and oxygen atoms in total. The van der Waals surface area contributed by atoms with Crippen LogP contribution in [-0.4, -0.2) is 0 Å². The second-order valence-electron chi connectivity index (χ2n) is 14.8. The zero-order valence-electron chi connectivity index (χ0n) is 31.2. The van der Waals surface area contributed by atoms with Crippen molar-refractivity contribution in [2.45, 2.75) is 5.41 Å². The molecule has 0 N–H and O–H groups in total. The van der Waals surface area contributed by atoms with Gasteiger partial charge in [-0.15, -0.1) is 0 Å². The molecular formula is C55H37NO. The Bertz CT molecular complexity index is 3030. The second kappa shape index (κ2) is 13.4. The lowest BCUT2D eigenvalue weighted by Gasteiger charge is -2.34. The van der Waals surface area contributed by atoms with E-state index in [0.29, 0.717) is 0 Å². The maximum Gasteiger partial charge on any atom is 0.135 e. The highest BCUT2D eigenvalue weighted by Crippen LogP contribution is 2.58. The Morgan fingerprint density at radius 2 is 0.842 bits per heavy atom. The molecule has 0 amide bonds. The van der Waals surface area contributed by atoms with E-state index in [4.69, 9.17) is 4.42 Å². The molecule has 57 heavy (non-hydrogen) atoms. The highest BCUT2D eigenvalue weighted by molar-refractivity contribution is 6.10. The van der Waals surface area contributed by atoms with Crippen molar-refractivity contribution in [2.75, 3.05) is 4.90 Å². The lowest BCUT2D eigenvalue weighted by Crippen LogP contribution is -2.28. The maximum atomic E-state index is 6.76. The molecule has 10 aromatic rings. The van der Waals surface area contributed by atoms with Crippen LogP contribution >= 0.6 is 0 Å². The minimum Gasteiger partial charge on any atom is -0.456 e. The van der Waals surface area contributed by atoms with Gasteiger partial charge in [0.1, 0.15) is 11.2 Å². The predicted octanol–water partition coefficient (Wildman–Crippen LogP) is 14.8. The Morgan fingerprint density at radius 1 is 0.333 bits per heavy atom. The summed E-state index contributed by atoms with van der Waals surface area (Å²) >= 11 is 0. The van der Waals surface area contributed by atoms with Gasteiger partial charge in [0.05, 0.1) is 5.41 Å². The molecule has 0 radical (unpaired) electrons. The number of hydrogen-bond acceptors (Lipinski definition) is 2. The SMILES string of the molecule is c1ccc(-c2cccc(-c3cccc(N(c4ccccc4)c4ccc5oc6cccc(C7(c8ccccc8)c8ccccc8-c8ccccc87)c6c5c4)c3)c2)cc1. The zero-order valence-corrected chi connectivity index (χ0v) is 31.2. The van der Waals surface area contributed by atoms with Gasteiger partial charge in [-0.3, -0.25) is 0 Å². The van der Waals surface area contributed by atoms with E-state index in [1.807, 2.05) is 0 Å². The molecule has 1 aliphatic carbocycles.